The van der Waals surface area contributed by atoms with Crippen molar-refractivity contribution in [2.45, 2.75) is 13.3 Å². The Kier molecular flexibility index (Phi) is 4.60. The van der Waals surface area contributed by atoms with Crippen LogP contribution in [0.1, 0.15) is 32.8 Å². The van der Waals surface area contributed by atoms with Crippen LogP contribution in [0.4, 0.5) is 0 Å². The first-order valence-corrected chi connectivity index (χ1v) is 7.97. The Bertz CT molecular complexity index is 1070. The molecular weight excluding hydrogens is 352 g/mol. The van der Waals surface area contributed by atoms with Crippen molar-refractivity contribution in [1.82, 2.24) is 0 Å². The van der Waals surface area contributed by atoms with E-state index >= 15 is 0 Å². The zero-order chi connectivity index (χ0) is 19.7. The summed E-state index contributed by atoms with van der Waals surface area (Å²) in [6.07, 6.45) is -0.0446. The first kappa shape index (κ1) is 18.1. The second kappa shape index (κ2) is 6.87. The van der Waals surface area contributed by atoms with E-state index < -0.39 is 17.2 Å². The van der Waals surface area contributed by atoms with Crippen LogP contribution in [0.2, 0.25) is 0 Å². The molecule has 138 valence electrons. The predicted octanol–water partition coefficient (Wildman–Crippen LogP) is 2.59. The van der Waals surface area contributed by atoms with E-state index in [1.165, 1.54) is 24.3 Å². The molecule has 0 radical (unpaired) electrons. The second-order valence-corrected chi connectivity index (χ2v) is 6.07. The fraction of sp³-hybridized carbons (Fsp3) is 0.100. The normalized spacial score (nSPS) is 10.7. The number of carbonyl (C=O) groups is 1. The predicted molar refractivity (Wildman–Crippen MR) is 95.5 cm³/mol. The van der Waals surface area contributed by atoms with Gasteiger partial charge in [0.25, 0.3) is 0 Å². The summed E-state index contributed by atoms with van der Waals surface area (Å²) in [6.45, 7) is 1.54. The van der Waals surface area contributed by atoms with Gasteiger partial charge in [0.05, 0.1) is 17.2 Å². The molecule has 4 N–H and O–H groups in total. The molecule has 0 amide bonds. The molecule has 1 aromatic heterocycles. The van der Waals surface area contributed by atoms with Gasteiger partial charge in [0.1, 0.15) is 28.8 Å². The molecule has 1 heterocycles. The smallest absolute Gasteiger partial charge is 0.339 e. The van der Waals surface area contributed by atoms with Gasteiger partial charge >= 0.3 is 5.63 Å². The molecular formula is C20H16O7. The molecule has 3 rings (SSSR count). The van der Waals surface area contributed by atoms with E-state index in [2.05, 4.69) is 0 Å². The average Bonchev–Trinajstić information content (AvgIpc) is 2.52. The summed E-state index contributed by atoms with van der Waals surface area (Å²) in [5.74, 6) is -1.75. The minimum Gasteiger partial charge on any atom is -0.508 e. The zero-order valence-corrected chi connectivity index (χ0v) is 14.3. The van der Waals surface area contributed by atoms with Gasteiger partial charge in [0.15, 0.2) is 0 Å². The number of hydrogen-bond acceptors (Lipinski definition) is 7. The van der Waals surface area contributed by atoms with Crippen molar-refractivity contribution in [2.75, 3.05) is 0 Å². The van der Waals surface area contributed by atoms with E-state index in [1.807, 2.05) is 0 Å². The van der Waals surface area contributed by atoms with E-state index in [9.17, 15) is 30.0 Å². The van der Waals surface area contributed by atoms with Crippen LogP contribution in [0.25, 0.3) is 0 Å². The maximum absolute atomic E-state index is 13.0. The number of hydrogen-bond donors (Lipinski definition) is 4. The molecule has 0 unspecified atom stereocenters. The molecule has 0 aliphatic rings. The minimum atomic E-state index is -0.745. The molecule has 3 aromatic rings. The van der Waals surface area contributed by atoms with Crippen molar-refractivity contribution < 1.29 is 29.6 Å². The third kappa shape index (κ3) is 3.62. The summed E-state index contributed by atoms with van der Waals surface area (Å²) in [7, 11) is 0. The number of phenols is 3. The van der Waals surface area contributed by atoms with Crippen molar-refractivity contribution in [2.24, 2.45) is 0 Å². The van der Waals surface area contributed by atoms with Gasteiger partial charge in [-0.15, -0.1) is 0 Å². The van der Waals surface area contributed by atoms with Gasteiger partial charge in [-0.1, -0.05) is 12.1 Å². The standard InChI is InChI=1S/C20H16O7/c1-10-5-12(21)8-16(24)18(10)20(26)19-11(3-2-4-15(19)23)6-14-7-13(22)9-17(25)27-14/h2-5,7-9,21-24H,6H2,1H3. The summed E-state index contributed by atoms with van der Waals surface area (Å²) < 4.78 is 5.01. The van der Waals surface area contributed by atoms with Crippen molar-refractivity contribution in [3.63, 3.8) is 0 Å². The first-order valence-electron chi connectivity index (χ1n) is 7.97. The van der Waals surface area contributed by atoms with E-state index in [0.29, 0.717) is 11.1 Å². The van der Waals surface area contributed by atoms with Crippen LogP contribution in [0, 0.1) is 6.92 Å². The Morgan fingerprint density at radius 2 is 1.63 bits per heavy atom. The van der Waals surface area contributed by atoms with Gasteiger partial charge < -0.3 is 24.8 Å². The van der Waals surface area contributed by atoms with E-state index in [-0.39, 0.29) is 40.6 Å². The van der Waals surface area contributed by atoms with E-state index in [1.54, 1.807) is 13.0 Å². The molecule has 0 saturated carbocycles. The zero-order valence-electron chi connectivity index (χ0n) is 14.3. The third-order valence-corrected chi connectivity index (χ3v) is 4.05. The van der Waals surface area contributed by atoms with Crippen LogP contribution in [0.5, 0.6) is 23.0 Å². The maximum Gasteiger partial charge on any atom is 0.339 e. The summed E-state index contributed by atoms with van der Waals surface area (Å²) in [6, 6.07) is 8.91. The number of aromatic hydroxyl groups is 4. The molecule has 7 nitrogen and oxygen atoms in total. The SMILES string of the molecule is Cc1cc(O)cc(O)c1C(=O)c1c(O)cccc1Cc1cc(O)cc(=O)o1. The van der Waals surface area contributed by atoms with Crippen molar-refractivity contribution in [3.8, 4) is 23.0 Å². The second-order valence-electron chi connectivity index (χ2n) is 6.07. The van der Waals surface area contributed by atoms with E-state index in [4.69, 9.17) is 4.42 Å². The number of aryl methyl sites for hydroxylation is 1. The van der Waals surface area contributed by atoms with Crippen molar-refractivity contribution >= 4 is 5.78 Å². The van der Waals surface area contributed by atoms with Crippen LogP contribution in [0.3, 0.4) is 0 Å². The Hall–Kier alpha value is -3.74. The molecule has 0 fully saturated rings. The van der Waals surface area contributed by atoms with Gasteiger partial charge in [-0.3, -0.25) is 4.79 Å². The molecule has 0 aliphatic heterocycles. The van der Waals surface area contributed by atoms with Gasteiger partial charge in [0, 0.05) is 18.6 Å². The van der Waals surface area contributed by atoms with Crippen molar-refractivity contribution in [3.05, 3.63) is 80.9 Å². The lowest BCUT2D eigenvalue weighted by Crippen LogP contribution is -2.09. The molecule has 0 bridgehead atoms. The number of phenolic OH excluding ortho intramolecular Hbond substituents is 3. The lowest BCUT2D eigenvalue weighted by atomic mass is 9.92. The van der Waals surface area contributed by atoms with Crippen LogP contribution in [0.15, 0.2) is 51.7 Å². The van der Waals surface area contributed by atoms with Crippen molar-refractivity contribution in [1.29, 1.82) is 0 Å². The third-order valence-electron chi connectivity index (χ3n) is 4.05. The highest BCUT2D eigenvalue weighted by Crippen LogP contribution is 2.33. The summed E-state index contributed by atoms with van der Waals surface area (Å²) >= 11 is 0. The number of carbonyl (C=O) groups excluding carboxylic acids is 1. The Balaban J connectivity index is 2.11. The largest absolute Gasteiger partial charge is 0.508 e. The fourth-order valence-corrected chi connectivity index (χ4v) is 2.96. The fourth-order valence-electron chi connectivity index (χ4n) is 2.96. The monoisotopic (exact) mass is 368 g/mol. The Morgan fingerprint density at radius 3 is 2.30 bits per heavy atom. The first-order chi connectivity index (χ1) is 12.8. The van der Waals surface area contributed by atoms with Crippen LogP contribution < -0.4 is 5.63 Å². The average molecular weight is 368 g/mol. The summed E-state index contributed by atoms with van der Waals surface area (Å²) in [5.41, 5.74) is -0.221. The lowest BCUT2D eigenvalue weighted by Gasteiger charge is -2.13. The molecule has 0 saturated heterocycles. The molecule has 0 spiro atoms. The lowest BCUT2D eigenvalue weighted by molar-refractivity contribution is 0.103. The molecule has 0 aliphatic carbocycles. The topological polar surface area (TPSA) is 128 Å². The summed E-state index contributed by atoms with van der Waals surface area (Å²) in [4.78, 5) is 24.5. The number of rotatable bonds is 4. The van der Waals surface area contributed by atoms with Crippen LogP contribution in [-0.2, 0) is 6.42 Å². The highest BCUT2D eigenvalue weighted by atomic mass is 16.4. The summed E-state index contributed by atoms with van der Waals surface area (Å²) in [5, 5.41) is 39.4. The highest BCUT2D eigenvalue weighted by molar-refractivity contribution is 6.14. The highest BCUT2D eigenvalue weighted by Gasteiger charge is 2.23. The van der Waals surface area contributed by atoms with Gasteiger partial charge in [-0.05, 0) is 30.2 Å². The van der Waals surface area contributed by atoms with Gasteiger partial charge in [-0.2, -0.15) is 0 Å². The van der Waals surface area contributed by atoms with E-state index in [0.717, 1.165) is 12.1 Å². The van der Waals surface area contributed by atoms with Crippen LogP contribution >= 0.6 is 0 Å². The van der Waals surface area contributed by atoms with Crippen LogP contribution in [-0.4, -0.2) is 26.2 Å². The molecule has 27 heavy (non-hydrogen) atoms. The molecule has 7 heteroatoms. The molecule has 2 aromatic carbocycles. The number of ketones is 1. The Labute approximate surface area is 153 Å². The Morgan fingerprint density at radius 1 is 0.926 bits per heavy atom. The molecule has 0 atom stereocenters. The minimum absolute atomic E-state index is 0.0446. The van der Waals surface area contributed by atoms with Gasteiger partial charge in [0.2, 0.25) is 5.78 Å². The maximum atomic E-state index is 13.0. The van der Waals surface area contributed by atoms with Gasteiger partial charge in [-0.25, -0.2) is 4.79 Å². The number of benzene rings is 2. The quantitative estimate of drug-likeness (QED) is 0.521.